The minimum atomic E-state index is -0.298. The fourth-order valence-electron chi connectivity index (χ4n) is 3.34. The summed E-state index contributed by atoms with van der Waals surface area (Å²) in [5, 5.41) is 4.21. The van der Waals surface area contributed by atoms with Gasteiger partial charge in [-0.3, -0.25) is 9.59 Å². The zero-order chi connectivity index (χ0) is 18.8. The lowest BCUT2D eigenvalue weighted by atomic mass is 10.0. The lowest BCUT2D eigenvalue weighted by Crippen LogP contribution is -2.35. The van der Waals surface area contributed by atoms with Crippen molar-refractivity contribution in [2.75, 3.05) is 20.4 Å². The van der Waals surface area contributed by atoms with Crippen molar-refractivity contribution in [2.45, 2.75) is 32.2 Å². The first kappa shape index (κ1) is 17.4. The molecule has 8 heteroatoms. The van der Waals surface area contributed by atoms with Gasteiger partial charge in [0.05, 0.1) is 13.7 Å². The van der Waals surface area contributed by atoms with Crippen molar-refractivity contribution in [1.82, 2.24) is 10.1 Å². The summed E-state index contributed by atoms with van der Waals surface area (Å²) < 4.78 is 20.9. The number of hydrogen-bond donors (Lipinski definition) is 0. The number of esters is 1. The smallest absolute Gasteiger partial charge is 0.305 e. The van der Waals surface area contributed by atoms with Crippen LogP contribution in [0.4, 0.5) is 0 Å². The Balaban J connectivity index is 1.47. The average molecular weight is 372 g/mol. The number of hydrogen-bond acceptors (Lipinski definition) is 7. The van der Waals surface area contributed by atoms with Crippen molar-refractivity contribution < 1.29 is 28.3 Å². The Labute approximate surface area is 156 Å². The maximum atomic E-state index is 12.5. The number of ether oxygens (including phenoxy) is 3. The zero-order valence-corrected chi connectivity index (χ0v) is 15.0. The molecule has 1 amide bonds. The predicted molar refractivity (Wildman–Crippen MR) is 93.1 cm³/mol. The van der Waals surface area contributed by atoms with E-state index in [1.807, 2.05) is 18.2 Å². The van der Waals surface area contributed by atoms with E-state index in [1.54, 1.807) is 4.90 Å². The highest BCUT2D eigenvalue weighted by atomic mass is 16.7. The number of carbonyl (C=O) groups excluding carboxylic acids is 2. The van der Waals surface area contributed by atoms with Gasteiger partial charge in [-0.2, -0.15) is 0 Å². The molecule has 2 aliphatic rings. The van der Waals surface area contributed by atoms with E-state index < -0.39 is 0 Å². The molecule has 2 aliphatic heterocycles. The zero-order valence-electron chi connectivity index (χ0n) is 15.0. The highest BCUT2D eigenvalue weighted by molar-refractivity contribution is 5.78. The molecule has 2 aromatic rings. The van der Waals surface area contributed by atoms with Crippen LogP contribution in [0.25, 0.3) is 11.3 Å². The highest BCUT2D eigenvalue weighted by Gasteiger charge is 2.28. The fourth-order valence-corrected chi connectivity index (χ4v) is 3.34. The third kappa shape index (κ3) is 3.47. The van der Waals surface area contributed by atoms with Gasteiger partial charge in [0.15, 0.2) is 11.5 Å². The van der Waals surface area contributed by atoms with Gasteiger partial charge in [-0.1, -0.05) is 5.16 Å². The molecule has 8 nitrogen and oxygen atoms in total. The Hall–Kier alpha value is -3.03. The van der Waals surface area contributed by atoms with Crippen LogP contribution in [-0.2, 0) is 27.3 Å². The molecule has 0 bridgehead atoms. The van der Waals surface area contributed by atoms with Crippen LogP contribution in [0, 0.1) is 0 Å². The Morgan fingerprint density at radius 3 is 2.93 bits per heavy atom. The third-order valence-corrected chi connectivity index (χ3v) is 4.83. The summed E-state index contributed by atoms with van der Waals surface area (Å²) in [5.74, 6) is 1.91. The van der Waals surface area contributed by atoms with Gasteiger partial charge in [0.2, 0.25) is 12.7 Å². The van der Waals surface area contributed by atoms with E-state index in [-0.39, 0.29) is 25.1 Å². The van der Waals surface area contributed by atoms with Crippen LogP contribution >= 0.6 is 0 Å². The fraction of sp³-hybridized carbons (Fsp3) is 0.421. The first-order valence-electron chi connectivity index (χ1n) is 8.87. The van der Waals surface area contributed by atoms with Gasteiger partial charge in [0, 0.05) is 36.9 Å². The number of methoxy groups -OCH3 is 1. The normalized spacial score (nSPS) is 14.8. The summed E-state index contributed by atoms with van der Waals surface area (Å²) >= 11 is 0. The maximum absolute atomic E-state index is 12.5. The largest absolute Gasteiger partial charge is 0.469 e. The molecule has 3 heterocycles. The van der Waals surface area contributed by atoms with Gasteiger partial charge in [-0.05, 0) is 24.6 Å². The molecule has 0 saturated carbocycles. The first-order chi connectivity index (χ1) is 13.2. The second kappa shape index (κ2) is 7.30. The molecule has 0 spiro atoms. The van der Waals surface area contributed by atoms with Crippen LogP contribution in [0.1, 0.15) is 30.6 Å². The van der Waals surface area contributed by atoms with Crippen LogP contribution in [0.15, 0.2) is 22.7 Å². The number of aromatic nitrogens is 1. The summed E-state index contributed by atoms with van der Waals surface area (Å²) in [6.07, 6.45) is 1.66. The van der Waals surface area contributed by atoms with E-state index in [1.165, 1.54) is 7.11 Å². The van der Waals surface area contributed by atoms with E-state index >= 15 is 0 Å². The summed E-state index contributed by atoms with van der Waals surface area (Å²) in [6.45, 7) is 1.24. The molecule has 0 unspecified atom stereocenters. The molecule has 1 aromatic heterocycles. The molecular weight excluding hydrogens is 352 g/mol. The minimum Gasteiger partial charge on any atom is -0.469 e. The van der Waals surface area contributed by atoms with Crippen molar-refractivity contribution in [3.63, 3.8) is 0 Å². The summed E-state index contributed by atoms with van der Waals surface area (Å²) in [6, 6.07) is 5.62. The summed E-state index contributed by atoms with van der Waals surface area (Å²) in [4.78, 5) is 25.5. The molecule has 4 rings (SSSR count). The molecule has 0 saturated heterocycles. The molecule has 0 fully saturated rings. The third-order valence-electron chi connectivity index (χ3n) is 4.83. The number of fused-ring (bicyclic) bond motifs is 2. The second-order valence-corrected chi connectivity index (χ2v) is 6.50. The Morgan fingerprint density at radius 1 is 1.22 bits per heavy atom. The van der Waals surface area contributed by atoms with Gasteiger partial charge in [0.1, 0.15) is 11.5 Å². The molecule has 27 heavy (non-hydrogen) atoms. The number of rotatable bonds is 5. The van der Waals surface area contributed by atoms with Crippen LogP contribution in [0.3, 0.4) is 0 Å². The van der Waals surface area contributed by atoms with Crippen LogP contribution in [0.5, 0.6) is 11.5 Å². The monoisotopic (exact) mass is 372 g/mol. The quantitative estimate of drug-likeness (QED) is 0.744. The highest BCUT2D eigenvalue weighted by Crippen LogP contribution is 2.38. The minimum absolute atomic E-state index is 0.0161. The Bertz CT molecular complexity index is 875. The van der Waals surface area contributed by atoms with Gasteiger partial charge < -0.3 is 23.6 Å². The topological polar surface area (TPSA) is 91.1 Å². The van der Waals surface area contributed by atoms with E-state index in [2.05, 4.69) is 9.89 Å². The molecule has 0 radical (unpaired) electrons. The summed E-state index contributed by atoms with van der Waals surface area (Å²) in [5.41, 5.74) is 2.50. The molecule has 0 atom stereocenters. The molecule has 1 aromatic carbocycles. The molecular formula is C19H20N2O6. The Kier molecular flexibility index (Phi) is 4.70. The molecule has 0 N–H and O–H groups in total. The van der Waals surface area contributed by atoms with Crippen molar-refractivity contribution in [1.29, 1.82) is 0 Å². The number of carbonyl (C=O) groups is 2. The van der Waals surface area contributed by atoms with Gasteiger partial charge in [-0.15, -0.1) is 0 Å². The lowest BCUT2D eigenvalue weighted by molar-refractivity contribution is -0.141. The second-order valence-electron chi connectivity index (χ2n) is 6.50. The van der Waals surface area contributed by atoms with Gasteiger partial charge in [-0.25, -0.2) is 0 Å². The van der Waals surface area contributed by atoms with E-state index in [0.29, 0.717) is 43.9 Å². The predicted octanol–water partition coefficient (Wildman–Crippen LogP) is 2.30. The molecule has 142 valence electrons. The van der Waals surface area contributed by atoms with Crippen LogP contribution in [0.2, 0.25) is 0 Å². The average Bonchev–Trinajstić information content (AvgIpc) is 3.33. The number of nitrogens with zero attached hydrogens (tertiary/aromatic N) is 2. The van der Waals surface area contributed by atoms with Crippen molar-refractivity contribution in [3.8, 4) is 22.8 Å². The SMILES string of the molecule is COC(=O)CCCC(=O)N1CCc2onc(-c3ccc4c(c3)OCO4)c2C1. The van der Waals surface area contributed by atoms with Crippen molar-refractivity contribution >= 4 is 11.9 Å². The van der Waals surface area contributed by atoms with E-state index in [0.717, 1.165) is 22.6 Å². The van der Waals surface area contributed by atoms with E-state index in [9.17, 15) is 9.59 Å². The van der Waals surface area contributed by atoms with Crippen molar-refractivity contribution in [2.24, 2.45) is 0 Å². The standard InChI is InChI=1S/C19H20N2O6/c1-24-18(23)4-2-3-17(22)21-8-7-14-13(10-21)19(20-27-14)12-5-6-15-16(9-12)26-11-25-15/h5-6,9H,2-4,7-8,10-11H2,1H3. The van der Waals surface area contributed by atoms with E-state index in [4.69, 9.17) is 14.0 Å². The molecule has 0 aliphatic carbocycles. The van der Waals surface area contributed by atoms with Crippen molar-refractivity contribution in [3.05, 3.63) is 29.5 Å². The maximum Gasteiger partial charge on any atom is 0.305 e. The Morgan fingerprint density at radius 2 is 2.07 bits per heavy atom. The van der Waals surface area contributed by atoms with Crippen LogP contribution < -0.4 is 9.47 Å². The lowest BCUT2D eigenvalue weighted by Gasteiger charge is -2.26. The first-order valence-corrected chi connectivity index (χ1v) is 8.87. The summed E-state index contributed by atoms with van der Waals surface area (Å²) in [7, 11) is 1.35. The number of amides is 1. The van der Waals surface area contributed by atoms with Gasteiger partial charge in [0.25, 0.3) is 0 Å². The van der Waals surface area contributed by atoms with Crippen LogP contribution in [-0.4, -0.2) is 42.4 Å². The number of benzene rings is 1. The van der Waals surface area contributed by atoms with Gasteiger partial charge >= 0.3 is 5.97 Å².